The lowest BCUT2D eigenvalue weighted by Gasteiger charge is -2.37. The third-order valence-electron chi connectivity index (χ3n) is 5.11. The largest absolute Gasteiger partial charge is 0.522 e. The molecule has 32 heavy (non-hydrogen) atoms. The smallest absolute Gasteiger partial charge is 0.372 e. The number of anilines is 2. The minimum absolute atomic E-state index is 0.0389. The molecule has 0 bridgehead atoms. The van der Waals surface area contributed by atoms with E-state index in [0.717, 1.165) is 4.90 Å². The highest BCUT2D eigenvalue weighted by molar-refractivity contribution is 8.14. The SMILES string of the molecule is C[C@@H]1CN(c2c(C=O)cc3c(N4C[C@H](COC(F)(F)F)SC4=O)noc3c2F)C[C@@H](C)O1. The van der Waals surface area contributed by atoms with Gasteiger partial charge in [-0.3, -0.25) is 19.2 Å². The zero-order valence-electron chi connectivity index (χ0n) is 17.0. The Labute approximate surface area is 183 Å². The van der Waals surface area contributed by atoms with Crippen molar-refractivity contribution in [2.24, 2.45) is 0 Å². The first-order valence-corrected chi connectivity index (χ1v) is 10.6. The Bertz CT molecular complexity index is 1040. The Morgan fingerprint density at radius 3 is 2.59 bits per heavy atom. The third kappa shape index (κ3) is 4.41. The van der Waals surface area contributed by atoms with Gasteiger partial charge < -0.3 is 14.2 Å². The molecule has 2 fully saturated rings. The van der Waals surface area contributed by atoms with Crippen molar-refractivity contribution in [2.45, 2.75) is 37.7 Å². The number of ether oxygens (including phenoxy) is 2. The van der Waals surface area contributed by atoms with Gasteiger partial charge in [0, 0.05) is 25.2 Å². The summed E-state index contributed by atoms with van der Waals surface area (Å²) in [5.74, 6) is -0.870. The van der Waals surface area contributed by atoms with E-state index in [1.165, 1.54) is 6.07 Å². The average molecular weight is 477 g/mol. The van der Waals surface area contributed by atoms with Gasteiger partial charge in [0.15, 0.2) is 17.9 Å². The number of nitrogens with zero attached hydrogens (tertiary/aromatic N) is 3. The van der Waals surface area contributed by atoms with Crippen LogP contribution in [-0.4, -0.2) is 66.7 Å². The Hall–Kier alpha value is -2.38. The van der Waals surface area contributed by atoms with E-state index in [1.807, 2.05) is 13.8 Å². The van der Waals surface area contributed by atoms with Gasteiger partial charge in [-0.15, -0.1) is 13.2 Å². The van der Waals surface area contributed by atoms with E-state index >= 15 is 4.39 Å². The van der Waals surface area contributed by atoms with Crippen LogP contribution in [0.5, 0.6) is 0 Å². The van der Waals surface area contributed by atoms with Crippen LogP contribution in [0, 0.1) is 5.82 Å². The van der Waals surface area contributed by atoms with Gasteiger partial charge in [-0.05, 0) is 19.9 Å². The highest BCUT2D eigenvalue weighted by atomic mass is 32.2. The number of halogens is 4. The van der Waals surface area contributed by atoms with Crippen LogP contribution >= 0.6 is 11.8 Å². The molecule has 2 saturated heterocycles. The molecular weight excluding hydrogens is 458 g/mol. The summed E-state index contributed by atoms with van der Waals surface area (Å²) in [5.41, 5.74) is -0.159. The van der Waals surface area contributed by atoms with E-state index in [0.29, 0.717) is 31.1 Å². The first-order valence-electron chi connectivity index (χ1n) is 9.73. The maximum atomic E-state index is 15.5. The summed E-state index contributed by atoms with van der Waals surface area (Å²) in [6, 6.07) is 1.37. The summed E-state index contributed by atoms with van der Waals surface area (Å²) in [6.45, 7) is 3.52. The highest BCUT2D eigenvalue weighted by Gasteiger charge is 2.39. The van der Waals surface area contributed by atoms with E-state index < -0.39 is 29.3 Å². The number of alkyl halides is 3. The number of thioether (sulfide) groups is 1. The quantitative estimate of drug-likeness (QED) is 0.473. The predicted octanol–water partition coefficient (Wildman–Crippen LogP) is 3.97. The number of morpholine rings is 1. The van der Waals surface area contributed by atoms with Crippen LogP contribution in [-0.2, 0) is 9.47 Å². The van der Waals surface area contributed by atoms with Gasteiger partial charge >= 0.3 is 6.36 Å². The average Bonchev–Trinajstić information content (AvgIpc) is 3.28. The fourth-order valence-corrected chi connectivity index (χ4v) is 4.90. The molecule has 8 nitrogen and oxygen atoms in total. The van der Waals surface area contributed by atoms with Crippen molar-refractivity contribution in [3.05, 3.63) is 17.4 Å². The Morgan fingerprint density at radius 1 is 1.28 bits per heavy atom. The van der Waals surface area contributed by atoms with Crippen molar-refractivity contribution in [3.8, 4) is 0 Å². The van der Waals surface area contributed by atoms with E-state index in [-0.39, 0.29) is 46.8 Å². The van der Waals surface area contributed by atoms with Crippen molar-refractivity contribution in [2.75, 3.05) is 36.0 Å². The summed E-state index contributed by atoms with van der Waals surface area (Å²) in [6.07, 6.45) is -4.69. The van der Waals surface area contributed by atoms with Gasteiger partial charge in [-0.2, -0.15) is 0 Å². The molecule has 1 amide bonds. The highest BCUT2D eigenvalue weighted by Crippen LogP contribution is 2.39. The molecule has 1 aromatic heterocycles. The molecule has 2 aromatic rings. The molecule has 0 unspecified atom stereocenters. The maximum Gasteiger partial charge on any atom is 0.522 e. The van der Waals surface area contributed by atoms with Crippen LogP contribution < -0.4 is 9.80 Å². The molecule has 1 aromatic carbocycles. The van der Waals surface area contributed by atoms with Crippen molar-refractivity contribution >= 4 is 45.8 Å². The third-order valence-corrected chi connectivity index (χ3v) is 6.16. The molecule has 0 spiro atoms. The van der Waals surface area contributed by atoms with Gasteiger partial charge in [0.05, 0.1) is 35.1 Å². The number of amides is 1. The normalized spacial score (nSPS) is 24.6. The molecule has 0 saturated carbocycles. The zero-order valence-corrected chi connectivity index (χ0v) is 17.8. The molecule has 0 aliphatic carbocycles. The second kappa shape index (κ2) is 8.52. The number of aromatic nitrogens is 1. The van der Waals surface area contributed by atoms with Gasteiger partial charge in [0.2, 0.25) is 5.58 Å². The molecule has 4 rings (SSSR count). The van der Waals surface area contributed by atoms with Gasteiger partial charge in [0.1, 0.15) is 0 Å². The number of carbonyl (C=O) groups excluding carboxylic acids is 2. The second-order valence-electron chi connectivity index (χ2n) is 7.66. The van der Waals surface area contributed by atoms with Gasteiger partial charge in [0.25, 0.3) is 5.24 Å². The van der Waals surface area contributed by atoms with Crippen molar-refractivity contribution < 1.29 is 41.1 Å². The Morgan fingerprint density at radius 2 is 1.97 bits per heavy atom. The van der Waals surface area contributed by atoms with E-state index in [1.54, 1.807) is 4.90 Å². The van der Waals surface area contributed by atoms with Crippen LogP contribution in [0.25, 0.3) is 11.0 Å². The molecule has 0 radical (unpaired) electrons. The standard InChI is InChI=1S/C19H19F4N3O5S/c1-9-4-25(5-10(2)30-9)15-11(7-27)3-13-16(14(15)20)31-24-17(13)26-6-12(32-18(26)28)8-29-19(21,22)23/h3,7,9-10,12H,4-6,8H2,1-2H3/t9-,10-,12-/m1/s1. The van der Waals surface area contributed by atoms with E-state index in [2.05, 4.69) is 9.89 Å². The number of rotatable bonds is 5. The number of hydrogen-bond acceptors (Lipinski definition) is 8. The maximum absolute atomic E-state index is 15.5. The number of fused-ring (bicyclic) bond motifs is 1. The van der Waals surface area contributed by atoms with Gasteiger partial charge in [-0.25, -0.2) is 4.39 Å². The van der Waals surface area contributed by atoms with Crippen LogP contribution in [0.2, 0.25) is 0 Å². The van der Waals surface area contributed by atoms with Crippen LogP contribution in [0.15, 0.2) is 10.6 Å². The summed E-state index contributed by atoms with van der Waals surface area (Å²) < 4.78 is 67.0. The number of benzene rings is 1. The number of aldehydes is 1. The molecule has 174 valence electrons. The first-order chi connectivity index (χ1) is 15.1. The molecule has 13 heteroatoms. The fraction of sp³-hybridized carbons (Fsp3) is 0.526. The predicted molar refractivity (Wildman–Crippen MR) is 108 cm³/mol. The molecule has 3 atom stereocenters. The molecule has 2 aliphatic rings. The summed E-state index contributed by atoms with van der Waals surface area (Å²) in [5, 5.41) is 2.47. The van der Waals surface area contributed by atoms with E-state index in [9.17, 15) is 22.8 Å². The second-order valence-corrected chi connectivity index (χ2v) is 8.92. The molecule has 0 N–H and O–H groups in total. The molecule has 3 heterocycles. The lowest BCUT2D eigenvalue weighted by atomic mass is 10.1. The Balaban J connectivity index is 1.66. The minimum atomic E-state index is -4.81. The lowest BCUT2D eigenvalue weighted by Crippen LogP contribution is -2.46. The summed E-state index contributed by atoms with van der Waals surface area (Å²) in [4.78, 5) is 26.9. The summed E-state index contributed by atoms with van der Waals surface area (Å²) >= 11 is 0.657. The molecule has 2 aliphatic heterocycles. The minimum Gasteiger partial charge on any atom is -0.372 e. The van der Waals surface area contributed by atoms with Crippen molar-refractivity contribution in [1.82, 2.24) is 5.16 Å². The monoisotopic (exact) mass is 477 g/mol. The van der Waals surface area contributed by atoms with Crippen LogP contribution in [0.1, 0.15) is 24.2 Å². The fourth-order valence-electron chi connectivity index (χ4n) is 3.97. The summed E-state index contributed by atoms with van der Waals surface area (Å²) in [7, 11) is 0. The first kappa shape index (κ1) is 22.8. The lowest BCUT2D eigenvalue weighted by molar-refractivity contribution is -0.323. The van der Waals surface area contributed by atoms with Crippen molar-refractivity contribution in [1.29, 1.82) is 0 Å². The molecular formula is C19H19F4N3O5S. The van der Waals surface area contributed by atoms with E-state index in [4.69, 9.17) is 9.26 Å². The van der Waals surface area contributed by atoms with Gasteiger partial charge in [-0.1, -0.05) is 16.9 Å². The zero-order chi connectivity index (χ0) is 23.2. The number of carbonyl (C=O) groups is 2. The van der Waals surface area contributed by atoms with Crippen molar-refractivity contribution in [3.63, 3.8) is 0 Å². The van der Waals surface area contributed by atoms with Crippen LogP contribution in [0.4, 0.5) is 33.9 Å². The topological polar surface area (TPSA) is 85.1 Å². The Kier molecular flexibility index (Phi) is 6.07. The van der Waals surface area contributed by atoms with Crippen LogP contribution in [0.3, 0.4) is 0 Å². The number of hydrogen-bond donors (Lipinski definition) is 0.